The first-order valence-electron chi connectivity index (χ1n) is 7.55. The third-order valence-electron chi connectivity index (χ3n) is 4.22. The topological polar surface area (TPSA) is 40.6 Å². The van der Waals surface area contributed by atoms with Crippen molar-refractivity contribution in [3.8, 4) is 0 Å². The second kappa shape index (κ2) is 6.28. The van der Waals surface area contributed by atoms with E-state index in [0.29, 0.717) is 12.2 Å². The molecular formula is C16H19BrN2O2. The van der Waals surface area contributed by atoms with E-state index in [9.17, 15) is 9.59 Å². The van der Waals surface area contributed by atoms with Crippen molar-refractivity contribution in [2.24, 2.45) is 0 Å². The lowest BCUT2D eigenvalue weighted by Gasteiger charge is -2.29. The minimum Gasteiger partial charge on any atom is -0.291 e. The van der Waals surface area contributed by atoms with Gasteiger partial charge < -0.3 is 0 Å². The van der Waals surface area contributed by atoms with Crippen LogP contribution in [0.4, 0.5) is 5.69 Å². The number of fused-ring (bicyclic) bond motifs is 1. The van der Waals surface area contributed by atoms with Crippen LogP contribution in [0, 0.1) is 0 Å². The summed E-state index contributed by atoms with van der Waals surface area (Å²) in [6.07, 6.45) is 6.16. The van der Waals surface area contributed by atoms with Crippen LogP contribution >= 0.6 is 15.9 Å². The van der Waals surface area contributed by atoms with Gasteiger partial charge in [0.25, 0.3) is 5.78 Å². The van der Waals surface area contributed by atoms with Crippen LogP contribution < -0.4 is 4.90 Å². The third kappa shape index (κ3) is 3.04. The van der Waals surface area contributed by atoms with Crippen LogP contribution in [0.3, 0.4) is 0 Å². The Kier molecular flexibility index (Phi) is 4.40. The number of carbonyl (C=O) groups excluding carboxylic acids is 2. The molecule has 0 bridgehead atoms. The fourth-order valence-electron chi connectivity index (χ4n) is 3.07. The quantitative estimate of drug-likeness (QED) is 0.769. The molecule has 1 aromatic carbocycles. The molecule has 1 aromatic rings. The summed E-state index contributed by atoms with van der Waals surface area (Å²) < 4.78 is 0.829. The van der Waals surface area contributed by atoms with Crippen molar-refractivity contribution in [2.45, 2.75) is 32.1 Å². The first-order valence-corrected chi connectivity index (χ1v) is 8.34. The van der Waals surface area contributed by atoms with Crippen molar-refractivity contribution in [1.29, 1.82) is 0 Å². The Bertz CT molecular complexity index is 565. The molecule has 0 N–H and O–H groups in total. The summed E-state index contributed by atoms with van der Waals surface area (Å²) in [5, 5.41) is 0. The SMILES string of the molecule is O=C1C(=O)N(CN2CCCCCCC2)c2ccc(Br)cc21. The average Bonchev–Trinajstić information content (AvgIpc) is 2.66. The minimum atomic E-state index is -0.398. The van der Waals surface area contributed by atoms with Gasteiger partial charge >= 0.3 is 5.91 Å². The number of Topliss-reactive ketones (excluding diaryl/α,β-unsaturated/α-hetero) is 1. The van der Waals surface area contributed by atoms with E-state index in [1.165, 1.54) is 32.1 Å². The number of nitrogens with zero attached hydrogens (tertiary/aromatic N) is 2. The summed E-state index contributed by atoms with van der Waals surface area (Å²) in [5.41, 5.74) is 1.26. The number of anilines is 1. The maximum absolute atomic E-state index is 12.2. The van der Waals surface area contributed by atoms with E-state index >= 15 is 0 Å². The molecular weight excluding hydrogens is 332 g/mol. The average molecular weight is 351 g/mol. The van der Waals surface area contributed by atoms with E-state index in [1.807, 2.05) is 12.1 Å². The molecule has 21 heavy (non-hydrogen) atoms. The molecule has 0 saturated carbocycles. The van der Waals surface area contributed by atoms with Gasteiger partial charge in [0, 0.05) is 4.47 Å². The molecule has 2 heterocycles. The Labute approximate surface area is 133 Å². The van der Waals surface area contributed by atoms with E-state index < -0.39 is 11.7 Å². The summed E-state index contributed by atoms with van der Waals surface area (Å²) >= 11 is 3.36. The molecule has 112 valence electrons. The van der Waals surface area contributed by atoms with Crippen LogP contribution in [0.25, 0.3) is 0 Å². The van der Waals surface area contributed by atoms with Gasteiger partial charge in [-0.15, -0.1) is 0 Å². The van der Waals surface area contributed by atoms with Gasteiger partial charge in [0.2, 0.25) is 0 Å². The zero-order valence-corrected chi connectivity index (χ0v) is 13.6. The summed E-state index contributed by atoms with van der Waals surface area (Å²) in [6, 6.07) is 5.47. The van der Waals surface area contributed by atoms with Gasteiger partial charge in [-0.1, -0.05) is 35.2 Å². The van der Waals surface area contributed by atoms with Crippen molar-refractivity contribution in [3.63, 3.8) is 0 Å². The van der Waals surface area contributed by atoms with Gasteiger partial charge in [0.15, 0.2) is 0 Å². The first kappa shape index (κ1) is 14.7. The van der Waals surface area contributed by atoms with Crippen molar-refractivity contribution >= 4 is 33.3 Å². The third-order valence-corrected chi connectivity index (χ3v) is 4.72. The Morgan fingerprint density at radius 2 is 1.67 bits per heavy atom. The predicted octanol–water partition coefficient (Wildman–Crippen LogP) is 3.20. The second-order valence-corrected chi connectivity index (χ2v) is 6.67. The zero-order chi connectivity index (χ0) is 14.8. The predicted molar refractivity (Wildman–Crippen MR) is 85.5 cm³/mol. The molecule has 0 atom stereocenters. The van der Waals surface area contributed by atoms with Gasteiger partial charge in [0.05, 0.1) is 17.9 Å². The van der Waals surface area contributed by atoms with Crippen LogP contribution in [-0.2, 0) is 4.79 Å². The van der Waals surface area contributed by atoms with E-state index in [2.05, 4.69) is 20.8 Å². The van der Waals surface area contributed by atoms with Crippen LogP contribution in [0.5, 0.6) is 0 Å². The standard InChI is InChI=1S/C16H19BrN2O2/c17-12-6-7-14-13(10-12)15(20)16(21)19(14)11-18-8-4-2-1-3-5-9-18/h6-7,10H,1-5,8-9,11H2. The molecule has 3 rings (SSSR count). The number of benzene rings is 1. The van der Waals surface area contributed by atoms with Crippen LogP contribution in [0.15, 0.2) is 22.7 Å². The molecule has 1 amide bonds. The largest absolute Gasteiger partial charge is 0.300 e. The molecule has 2 aliphatic rings. The normalized spacial score (nSPS) is 20.3. The lowest BCUT2D eigenvalue weighted by Crippen LogP contribution is -2.42. The fourth-order valence-corrected chi connectivity index (χ4v) is 3.43. The van der Waals surface area contributed by atoms with Crippen LogP contribution in [0.1, 0.15) is 42.5 Å². The van der Waals surface area contributed by atoms with E-state index in [0.717, 1.165) is 23.2 Å². The number of carbonyl (C=O) groups is 2. The lowest BCUT2D eigenvalue weighted by atomic mass is 10.1. The van der Waals surface area contributed by atoms with Crippen molar-refractivity contribution < 1.29 is 9.59 Å². The molecule has 4 nitrogen and oxygen atoms in total. The summed E-state index contributed by atoms with van der Waals surface area (Å²) in [7, 11) is 0. The highest BCUT2D eigenvalue weighted by molar-refractivity contribution is 9.10. The van der Waals surface area contributed by atoms with Crippen molar-refractivity contribution in [2.75, 3.05) is 24.7 Å². The maximum Gasteiger partial charge on any atom is 0.300 e. The van der Waals surface area contributed by atoms with Gasteiger partial charge in [-0.3, -0.25) is 19.4 Å². The fraction of sp³-hybridized carbons (Fsp3) is 0.500. The molecule has 5 heteroatoms. The van der Waals surface area contributed by atoms with Crippen LogP contribution in [0.2, 0.25) is 0 Å². The van der Waals surface area contributed by atoms with Gasteiger partial charge in [-0.05, 0) is 44.1 Å². The maximum atomic E-state index is 12.2. The Balaban J connectivity index is 1.79. The molecule has 2 aliphatic heterocycles. The Hall–Kier alpha value is -1.20. The zero-order valence-electron chi connectivity index (χ0n) is 12.0. The number of hydrogen-bond acceptors (Lipinski definition) is 3. The minimum absolute atomic E-state index is 0.390. The van der Waals surface area contributed by atoms with Crippen molar-refractivity contribution in [3.05, 3.63) is 28.2 Å². The van der Waals surface area contributed by atoms with Gasteiger partial charge in [0.1, 0.15) is 0 Å². The van der Waals surface area contributed by atoms with E-state index in [-0.39, 0.29) is 0 Å². The molecule has 1 saturated heterocycles. The number of rotatable bonds is 2. The number of hydrogen-bond donors (Lipinski definition) is 0. The number of ketones is 1. The monoisotopic (exact) mass is 350 g/mol. The highest BCUT2D eigenvalue weighted by atomic mass is 79.9. The highest BCUT2D eigenvalue weighted by Gasteiger charge is 2.36. The first-order chi connectivity index (χ1) is 10.2. The molecule has 0 spiro atoms. The van der Waals surface area contributed by atoms with E-state index in [1.54, 1.807) is 11.0 Å². The van der Waals surface area contributed by atoms with Gasteiger partial charge in [-0.2, -0.15) is 0 Å². The number of halogens is 1. The summed E-state index contributed by atoms with van der Waals surface area (Å²) in [5.74, 6) is -0.788. The second-order valence-electron chi connectivity index (χ2n) is 5.75. The lowest BCUT2D eigenvalue weighted by molar-refractivity contribution is -0.114. The molecule has 0 aromatic heterocycles. The van der Waals surface area contributed by atoms with Gasteiger partial charge in [-0.25, -0.2) is 0 Å². The molecule has 0 radical (unpaired) electrons. The smallest absolute Gasteiger partial charge is 0.291 e. The molecule has 0 unspecified atom stereocenters. The van der Waals surface area contributed by atoms with Crippen LogP contribution in [-0.4, -0.2) is 36.3 Å². The van der Waals surface area contributed by atoms with E-state index in [4.69, 9.17) is 0 Å². The number of amides is 1. The summed E-state index contributed by atoms with van der Waals surface area (Å²) in [4.78, 5) is 28.3. The Morgan fingerprint density at radius 3 is 2.38 bits per heavy atom. The molecule has 1 fully saturated rings. The highest BCUT2D eigenvalue weighted by Crippen LogP contribution is 2.31. The number of likely N-dealkylation sites (tertiary alicyclic amines) is 1. The van der Waals surface area contributed by atoms with Crippen molar-refractivity contribution in [1.82, 2.24) is 4.90 Å². The molecule has 0 aliphatic carbocycles. The summed E-state index contributed by atoms with van der Waals surface area (Å²) in [6.45, 7) is 2.53. The Morgan fingerprint density at radius 1 is 1.00 bits per heavy atom.